The van der Waals surface area contributed by atoms with Gasteiger partial charge in [0.2, 0.25) is 10.0 Å². The normalized spacial score (nSPS) is 11.2. The molecule has 1 N–H and O–H groups in total. The number of aromatic nitrogens is 1. The number of nitrogens with zero attached hydrogens (tertiary/aromatic N) is 4. The van der Waals surface area contributed by atoms with Crippen LogP contribution in [-0.2, 0) is 16.4 Å². The summed E-state index contributed by atoms with van der Waals surface area (Å²) in [5.41, 5.74) is 2.26. The van der Waals surface area contributed by atoms with Gasteiger partial charge in [0.25, 0.3) is 5.91 Å². The molecule has 0 atom stereocenters. The number of carbonyl (C=O) groups is 1. The number of amides is 1. The quantitative estimate of drug-likeness (QED) is 0.508. The third-order valence-electron chi connectivity index (χ3n) is 4.80. The topological polar surface area (TPSA) is 127 Å². The molecule has 10 heteroatoms. The molecule has 1 amide bonds. The van der Waals surface area contributed by atoms with Crippen molar-refractivity contribution in [2.24, 2.45) is 0 Å². The van der Waals surface area contributed by atoms with Crippen LogP contribution in [0.4, 0.5) is 5.13 Å². The van der Waals surface area contributed by atoms with Crippen LogP contribution < -0.4 is 5.32 Å². The van der Waals surface area contributed by atoms with E-state index in [2.05, 4.69) is 10.3 Å². The van der Waals surface area contributed by atoms with E-state index in [9.17, 15) is 13.2 Å². The van der Waals surface area contributed by atoms with E-state index in [-0.39, 0.29) is 30.8 Å². The zero-order valence-electron chi connectivity index (χ0n) is 17.4. The molecule has 1 aromatic heterocycles. The van der Waals surface area contributed by atoms with Crippen molar-refractivity contribution in [2.45, 2.75) is 31.1 Å². The van der Waals surface area contributed by atoms with Gasteiger partial charge in [-0.1, -0.05) is 30.4 Å². The Bertz CT molecular complexity index is 1280. The number of hydrogen-bond acceptors (Lipinski definition) is 7. The summed E-state index contributed by atoms with van der Waals surface area (Å²) < 4.78 is 27.8. The van der Waals surface area contributed by atoms with Gasteiger partial charge in [-0.05, 0) is 42.3 Å². The van der Waals surface area contributed by atoms with Crippen molar-refractivity contribution in [3.05, 3.63) is 53.6 Å². The fraction of sp³-hybridized carbons (Fsp3) is 0.273. The third-order valence-corrected chi connectivity index (χ3v) is 7.65. The number of para-hydroxylation sites is 1. The molecule has 3 rings (SSSR count). The number of nitriles is 2. The Morgan fingerprint density at radius 3 is 2.34 bits per heavy atom. The van der Waals surface area contributed by atoms with Crippen molar-refractivity contribution in [1.82, 2.24) is 9.29 Å². The summed E-state index contributed by atoms with van der Waals surface area (Å²) in [5.74, 6) is -0.392. The fourth-order valence-corrected chi connectivity index (χ4v) is 5.49. The van der Waals surface area contributed by atoms with Crippen LogP contribution in [0.5, 0.6) is 0 Å². The number of nitrogens with one attached hydrogen (secondary N) is 1. The third kappa shape index (κ3) is 5.11. The van der Waals surface area contributed by atoms with Crippen molar-refractivity contribution in [3.8, 4) is 12.1 Å². The molecule has 1 heterocycles. The minimum absolute atomic E-state index is 0.000105. The van der Waals surface area contributed by atoms with Crippen molar-refractivity contribution < 1.29 is 13.2 Å². The number of sulfonamides is 1. The Labute approximate surface area is 190 Å². The van der Waals surface area contributed by atoms with Crippen LogP contribution in [0.25, 0.3) is 10.2 Å². The first kappa shape index (κ1) is 23.4. The van der Waals surface area contributed by atoms with Crippen LogP contribution in [0.15, 0.2) is 47.4 Å². The van der Waals surface area contributed by atoms with Crippen LogP contribution in [-0.4, -0.2) is 36.7 Å². The minimum atomic E-state index is -3.88. The zero-order valence-corrected chi connectivity index (χ0v) is 19.0. The van der Waals surface area contributed by atoms with Crippen molar-refractivity contribution in [3.63, 3.8) is 0 Å². The van der Waals surface area contributed by atoms with Crippen LogP contribution in [0.3, 0.4) is 0 Å². The minimum Gasteiger partial charge on any atom is -0.298 e. The second-order valence-electron chi connectivity index (χ2n) is 6.84. The van der Waals surface area contributed by atoms with Gasteiger partial charge < -0.3 is 0 Å². The van der Waals surface area contributed by atoms with Crippen LogP contribution in [0, 0.1) is 22.7 Å². The van der Waals surface area contributed by atoms with Gasteiger partial charge in [-0.3, -0.25) is 10.1 Å². The summed E-state index contributed by atoms with van der Waals surface area (Å²) >= 11 is 1.38. The number of benzene rings is 2. The molecule has 0 bridgehead atoms. The maximum atomic E-state index is 12.9. The standard InChI is InChI=1S/C22H21N5O3S2/c1-2-16-6-3-7-19-20(16)25-22(31-19)26-21(28)17-8-10-18(11-9-17)32(29,30)27(14-4-12-23)15-5-13-24/h3,6-11H,2,4-5,14-15H2,1H3,(H,25,26,28). The van der Waals surface area contributed by atoms with Gasteiger partial charge in [0.15, 0.2) is 5.13 Å². The lowest BCUT2D eigenvalue weighted by atomic mass is 10.1. The van der Waals surface area contributed by atoms with Gasteiger partial charge in [0, 0.05) is 31.5 Å². The summed E-state index contributed by atoms with van der Waals surface area (Å²) in [7, 11) is -3.88. The highest BCUT2D eigenvalue weighted by molar-refractivity contribution is 7.89. The summed E-state index contributed by atoms with van der Waals surface area (Å²) in [5, 5.41) is 20.8. The van der Waals surface area contributed by atoms with Gasteiger partial charge in [0.05, 0.1) is 27.3 Å². The van der Waals surface area contributed by atoms with E-state index in [1.54, 1.807) is 0 Å². The fourth-order valence-electron chi connectivity index (χ4n) is 3.14. The lowest BCUT2D eigenvalue weighted by molar-refractivity contribution is 0.102. The molecule has 3 aromatic rings. The molecule has 8 nitrogen and oxygen atoms in total. The number of thiazole rings is 1. The molecule has 0 fully saturated rings. The first-order valence-electron chi connectivity index (χ1n) is 9.94. The van der Waals surface area contributed by atoms with E-state index in [0.717, 1.165) is 26.5 Å². The van der Waals surface area contributed by atoms with Crippen molar-refractivity contribution >= 4 is 42.6 Å². The molecule has 2 aromatic carbocycles. The highest BCUT2D eigenvalue weighted by Gasteiger charge is 2.24. The predicted octanol–water partition coefficient (Wildman–Crippen LogP) is 3.93. The van der Waals surface area contributed by atoms with Crippen LogP contribution in [0.1, 0.15) is 35.7 Å². The van der Waals surface area contributed by atoms with Crippen LogP contribution in [0.2, 0.25) is 0 Å². The first-order valence-corrected chi connectivity index (χ1v) is 12.2. The molecule has 0 aliphatic heterocycles. The second kappa shape index (κ2) is 10.3. The molecular formula is C22H21N5O3S2. The Kier molecular flexibility index (Phi) is 7.54. The van der Waals surface area contributed by atoms with Gasteiger partial charge in [0.1, 0.15) is 0 Å². The molecule has 0 aliphatic carbocycles. The average Bonchev–Trinajstić information content (AvgIpc) is 3.21. The second-order valence-corrected chi connectivity index (χ2v) is 9.80. The SMILES string of the molecule is CCc1cccc2sc(NC(=O)c3ccc(S(=O)(=O)N(CCC#N)CCC#N)cc3)nc12. The van der Waals surface area contributed by atoms with Gasteiger partial charge in [-0.15, -0.1) is 0 Å². The van der Waals surface area contributed by atoms with E-state index in [0.29, 0.717) is 10.7 Å². The summed E-state index contributed by atoms with van der Waals surface area (Å²) in [6.07, 6.45) is 0.879. The number of anilines is 1. The highest BCUT2D eigenvalue weighted by Crippen LogP contribution is 2.29. The van der Waals surface area contributed by atoms with E-state index in [4.69, 9.17) is 10.5 Å². The molecule has 0 radical (unpaired) electrons. The van der Waals surface area contributed by atoms with E-state index >= 15 is 0 Å². The molecule has 0 saturated heterocycles. The van der Waals surface area contributed by atoms with Gasteiger partial charge in [-0.25, -0.2) is 13.4 Å². The summed E-state index contributed by atoms with van der Waals surface area (Å²) in [6.45, 7) is 2.05. The van der Waals surface area contributed by atoms with Crippen molar-refractivity contribution in [2.75, 3.05) is 18.4 Å². The maximum Gasteiger partial charge on any atom is 0.257 e. The summed E-state index contributed by atoms with van der Waals surface area (Å²) in [4.78, 5) is 17.2. The van der Waals surface area contributed by atoms with Crippen molar-refractivity contribution in [1.29, 1.82) is 10.5 Å². The van der Waals surface area contributed by atoms with E-state index in [1.165, 1.54) is 35.6 Å². The molecule has 0 spiro atoms. The number of fused-ring (bicyclic) bond motifs is 1. The molecular weight excluding hydrogens is 446 g/mol. The lowest BCUT2D eigenvalue weighted by Crippen LogP contribution is -2.32. The summed E-state index contributed by atoms with van der Waals surface area (Å²) in [6, 6.07) is 15.3. The molecule has 0 unspecified atom stereocenters. The maximum absolute atomic E-state index is 12.9. The molecule has 164 valence electrons. The van der Waals surface area contributed by atoms with E-state index in [1.807, 2.05) is 37.3 Å². The smallest absolute Gasteiger partial charge is 0.257 e. The largest absolute Gasteiger partial charge is 0.298 e. The monoisotopic (exact) mass is 467 g/mol. The number of hydrogen-bond donors (Lipinski definition) is 1. The lowest BCUT2D eigenvalue weighted by Gasteiger charge is -2.20. The van der Waals surface area contributed by atoms with E-state index < -0.39 is 15.9 Å². The predicted molar refractivity (Wildman–Crippen MR) is 123 cm³/mol. The Morgan fingerprint density at radius 2 is 1.75 bits per heavy atom. The first-order chi connectivity index (χ1) is 15.4. The van der Waals surface area contributed by atoms with Gasteiger partial charge >= 0.3 is 0 Å². The van der Waals surface area contributed by atoms with Gasteiger partial charge in [-0.2, -0.15) is 14.8 Å². The number of rotatable bonds is 9. The Balaban J connectivity index is 1.78. The molecule has 0 saturated carbocycles. The Morgan fingerprint density at radius 1 is 1.09 bits per heavy atom. The number of aryl methyl sites for hydroxylation is 1. The Hall–Kier alpha value is -3.31. The molecule has 0 aliphatic rings. The number of carbonyl (C=O) groups excluding carboxylic acids is 1. The molecule has 32 heavy (non-hydrogen) atoms. The highest BCUT2D eigenvalue weighted by atomic mass is 32.2. The zero-order chi connectivity index (χ0) is 23.1. The van der Waals surface area contributed by atoms with Crippen LogP contribution >= 0.6 is 11.3 Å². The average molecular weight is 468 g/mol.